The van der Waals surface area contributed by atoms with Gasteiger partial charge in [0.05, 0.1) is 7.11 Å². The molecule has 1 N–H and O–H groups in total. The maximum Gasteiger partial charge on any atom is 0.339 e. The molecule has 6 nitrogen and oxygen atoms in total. The van der Waals surface area contributed by atoms with E-state index in [4.69, 9.17) is 24.9 Å². The van der Waals surface area contributed by atoms with Gasteiger partial charge in [-0.1, -0.05) is 12.1 Å². The van der Waals surface area contributed by atoms with Crippen molar-refractivity contribution in [1.29, 1.82) is 0 Å². The fourth-order valence-electron chi connectivity index (χ4n) is 0.821. The summed E-state index contributed by atoms with van der Waals surface area (Å²) in [5.74, 6) is -0.581. The Hall–Kier alpha value is -2.24. The minimum Gasteiger partial charge on any atom is -0.652 e. The van der Waals surface area contributed by atoms with Crippen LogP contribution in [-0.4, -0.2) is 24.3 Å². The van der Waals surface area contributed by atoms with E-state index in [9.17, 15) is 4.79 Å². The van der Waals surface area contributed by atoms with Gasteiger partial charge in [0.25, 0.3) is 0 Å². The van der Waals surface area contributed by atoms with Gasteiger partial charge in [-0.2, -0.15) is 0 Å². The summed E-state index contributed by atoms with van der Waals surface area (Å²) in [6, 6.07) is 6.50. The van der Waals surface area contributed by atoms with Gasteiger partial charge in [-0.3, -0.25) is 0 Å². The number of carboxylic acid groups (broad SMARTS) is 3. The lowest BCUT2D eigenvalue weighted by Crippen LogP contribution is -2.37. The first-order valence-corrected chi connectivity index (χ1v) is 3.73. The minimum atomic E-state index is -2.33. The first-order valence-electron chi connectivity index (χ1n) is 3.73. The molecule has 0 saturated carbocycles. The van der Waals surface area contributed by atoms with Crippen LogP contribution in [0.1, 0.15) is 10.4 Å². The summed E-state index contributed by atoms with van der Waals surface area (Å²) in [6.45, 7) is 0. The summed E-state index contributed by atoms with van der Waals surface area (Å²) in [4.78, 5) is 18.8. The highest BCUT2D eigenvalue weighted by Crippen LogP contribution is 2.16. The van der Waals surface area contributed by atoms with Crippen LogP contribution in [0.25, 0.3) is 0 Å². The Balaban J connectivity index is 0.000000423. The number of hydrogen-bond acceptors (Lipinski definition) is 5. The third-order valence-corrected chi connectivity index (χ3v) is 1.34. The zero-order valence-corrected chi connectivity index (χ0v) is 7.80. The van der Waals surface area contributed by atoms with Crippen molar-refractivity contribution in [3.8, 4) is 5.75 Å². The highest BCUT2D eigenvalue weighted by Gasteiger charge is 2.07. The number of ether oxygens (including phenoxy) is 1. The van der Waals surface area contributed by atoms with Crippen molar-refractivity contribution in [2.24, 2.45) is 0 Å². The first kappa shape index (κ1) is 12.8. The van der Waals surface area contributed by atoms with Crippen LogP contribution in [0, 0.1) is 0 Å². The topological polar surface area (TPSA) is 110 Å². The number of methoxy groups -OCH3 is 1. The summed E-state index contributed by atoms with van der Waals surface area (Å²) in [5, 5.41) is 25.3. The number of benzene rings is 1. The number of carboxylic acids is 1. The summed E-state index contributed by atoms with van der Waals surface area (Å²) in [7, 11) is 1.45. The van der Waals surface area contributed by atoms with Crippen molar-refractivity contribution in [1.82, 2.24) is 0 Å². The average molecular weight is 212 g/mol. The van der Waals surface area contributed by atoms with Crippen LogP contribution in [0.3, 0.4) is 0 Å². The molecule has 0 fully saturated rings. The van der Waals surface area contributed by atoms with E-state index in [1.165, 1.54) is 13.2 Å². The fourth-order valence-corrected chi connectivity index (χ4v) is 0.821. The van der Waals surface area contributed by atoms with Gasteiger partial charge in [-0.25, -0.2) is 4.79 Å². The molecular formula is C9H8O6-2. The predicted octanol–water partition coefficient (Wildman–Crippen LogP) is -1.05. The maximum atomic E-state index is 10.5. The zero-order valence-electron chi connectivity index (χ0n) is 7.80. The smallest absolute Gasteiger partial charge is 0.339 e. The Morgan fingerprint density at radius 2 is 1.73 bits per heavy atom. The second-order valence-electron chi connectivity index (χ2n) is 2.26. The van der Waals surface area contributed by atoms with Gasteiger partial charge in [0.1, 0.15) is 11.3 Å². The van der Waals surface area contributed by atoms with E-state index in [0.29, 0.717) is 5.75 Å². The number of para-hydroxylation sites is 1. The summed E-state index contributed by atoms with van der Waals surface area (Å²) >= 11 is 0. The predicted molar refractivity (Wildman–Crippen MR) is 45.3 cm³/mol. The Morgan fingerprint density at radius 1 is 1.27 bits per heavy atom. The molecule has 0 atom stereocenters. The van der Waals surface area contributed by atoms with Crippen molar-refractivity contribution >= 4 is 12.1 Å². The maximum absolute atomic E-state index is 10.5. The van der Waals surface area contributed by atoms with Crippen molar-refractivity contribution in [2.75, 3.05) is 7.11 Å². The quantitative estimate of drug-likeness (QED) is 0.669. The van der Waals surface area contributed by atoms with E-state index in [-0.39, 0.29) is 5.56 Å². The monoisotopic (exact) mass is 212 g/mol. The Morgan fingerprint density at radius 3 is 2.07 bits per heavy atom. The van der Waals surface area contributed by atoms with E-state index < -0.39 is 12.1 Å². The van der Waals surface area contributed by atoms with Crippen molar-refractivity contribution in [3.63, 3.8) is 0 Å². The first-order chi connectivity index (χ1) is 6.99. The standard InChI is InChI=1S/C8H8O3.CH2O3/c1-11-7-5-3-2-4-6(7)8(9)10;2-1(3)4/h2-5H,1H3,(H,9,10);(H2,2,3,4)/p-2. The fraction of sp³-hybridized carbons (Fsp3) is 0.111. The minimum absolute atomic E-state index is 0.190. The molecule has 1 aromatic rings. The van der Waals surface area contributed by atoms with Gasteiger partial charge in [0.2, 0.25) is 0 Å². The molecule has 0 unspecified atom stereocenters. The van der Waals surface area contributed by atoms with Gasteiger partial charge in [-0.05, 0) is 18.3 Å². The van der Waals surface area contributed by atoms with Crippen molar-refractivity contribution in [3.05, 3.63) is 29.8 Å². The molecule has 0 saturated heterocycles. The van der Waals surface area contributed by atoms with Crippen LogP contribution >= 0.6 is 0 Å². The molecule has 0 aliphatic heterocycles. The van der Waals surface area contributed by atoms with Crippen LogP contribution in [0.2, 0.25) is 0 Å². The molecule has 0 radical (unpaired) electrons. The van der Waals surface area contributed by atoms with Gasteiger partial charge < -0.3 is 24.9 Å². The van der Waals surface area contributed by atoms with Crippen molar-refractivity contribution < 1.29 is 29.6 Å². The van der Waals surface area contributed by atoms with Crippen LogP contribution in [-0.2, 0) is 0 Å². The third kappa shape index (κ3) is 5.14. The lowest BCUT2D eigenvalue weighted by molar-refractivity contribution is -0.415. The number of hydrogen-bond donors (Lipinski definition) is 1. The van der Waals surface area contributed by atoms with Gasteiger partial charge >= 0.3 is 5.97 Å². The molecule has 6 heteroatoms. The molecular weight excluding hydrogens is 204 g/mol. The normalized spacial score (nSPS) is 8.33. The molecule has 0 heterocycles. The lowest BCUT2D eigenvalue weighted by atomic mass is 10.2. The van der Waals surface area contributed by atoms with E-state index in [1.54, 1.807) is 18.2 Å². The van der Waals surface area contributed by atoms with E-state index in [2.05, 4.69) is 0 Å². The van der Waals surface area contributed by atoms with Crippen LogP contribution in [0.4, 0.5) is 4.79 Å². The number of carbonyl (C=O) groups is 2. The second kappa shape index (κ2) is 6.25. The summed E-state index contributed by atoms with van der Waals surface area (Å²) in [6.07, 6.45) is -2.33. The zero-order chi connectivity index (χ0) is 11.8. The van der Waals surface area contributed by atoms with Crippen molar-refractivity contribution in [2.45, 2.75) is 0 Å². The highest BCUT2D eigenvalue weighted by molar-refractivity contribution is 5.90. The SMILES string of the molecule is COc1ccccc1C(=O)O.O=C([O-])[O-]. The van der Waals surface area contributed by atoms with Gasteiger partial charge in [-0.15, -0.1) is 0 Å². The van der Waals surface area contributed by atoms with Gasteiger partial charge in [0.15, 0.2) is 0 Å². The number of carbonyl (C=O) groups excluding carboxylic acids is 1. The molecule has 0 bridgehead atoms. The molecule has 1 aromatic carbocycles. The van der Waals surface area contributed by atoms with E-state index in [0.717, 1.165) is 0 Å². The molecule has 0 aliphatic rings. The van der Waals surface area contributed by atoms with E-state index >= 15 is 0 Å². The molecule has 0 amide bonds. The Labute approximate surface area is 85.4 Å². The van der Waals surface area contributed by atoms with Gasteiger partial charge in [0, 0.05) is 0 Å². The molecule has 0 aliphatic carbocycles. The average Bonchev–Trinajstić information content (AvgIpc) is 2.16. The van der Waals surface area contributed by atoms with Crippen LogP contribution < -0.4 is 14.9 Å². The molecule has 82 valence electrons. The summed E-state index contributed by atoms with van der Waals surface area (Å²) < 4.78 is 4.83. The molecule has 0 aromatic heterocycles. The largest absolute Gasteiger partial charge is 0.652 e. The second-order valence-corrected chi connectivity index (χ2v) is 2.26. The number of rotatable bonds is 2. The lowest BCUT2D eigenvalue weighted by Gasteiger charge is -2.01. The number of aromatic carboxylic acids is 1. The Bertz CT molecular complexity index is 342. The van der Waals surface area contributed by atoms with Crippen LogP contribution in [0.5, 0.6) is 5.75 Å². The van der Waals surface area contributed by atoms with Crippen LogP contribution in [0.15, 0.2) is 24.3 Å². The Kier molecular flexibility index (Phi) is 5.32. The molecule has 0 spiro atoms. The summed E-state index contributed by atoms with van der Waals surface area (Å²) in [5.41, 5.74) is 0.190. The third-order valence-electron chi connectivity index (χ3n) is 1.34. The van der Waals surface area contributed by atoms with E-state index in [1.807, 2.05) is 0 Å². The molecule has 1 rings (SSSR count). The highest BCUT2D eigenvalue weighted by atomic mass is 16.6. The molecule has 15 heavy (non-hydrogen) atoms.